The minimum absolute atomic E-state index is 0.173. The topological polar surface area (TPSA) is 97.0 Å². The Morgan fingerprint density at radius 2 is 1.81 bits per heavy atom. The molecule has 3 heterocycles. The van der Waals surface area contributed by atoms with Crippen molar-refractivity contribution in [2.75, 3.05) is 11.9 Å². The van der Waals surface area contributed by atoms with Gasteiger partial charge in [0.2, 0.25) is 0 Å². The number of hydrogen-bond acceptors (Lipinski definition) is 7. The van der Waals surface area contributed by atoms with Gasteiger partial charge in [-0.15, -0.1) is 0 Å². The zero-order chi connectivity index (χ0) is 25.8. The molecule has 186 valence electrons. The van der Waals surface area contributed by atoms with Gasteiger partial charge < -0.3 is 15.0 Å². The molecule has 0 saturated carbocycles. The van der Waals surface area contributed by atoms with Gasteiger partial charge in [-0.2, -0.15) is 0 Å². The van der Waals surface area contributed by atoms with E-state index in [0.29, 0.717) is 27.9 Å². The zero-order valence-corrected chi connectivity index (χ0v) is 20.7. The van der Waals surface area contributed by atoms with Crippen LogP contribution in [0.5, 0.6) is 0 Å². The van der Waals surface area contributed by atoms with Crippen LogP contribution in [-0.4, -0.2) is 27.5 Å². The number of H-pyrrole nitrogens is 1. The number of aromatic nitrogens is 3. The number of thioether (sulfide) groups is 1. The molecule has 0 aliphatic carbocycles. The van der Waals surface area contributed by atoms with Crippen molar-refractivity contribution in [2.45, 2.75) is 23.8 Å². The molecule has 0 saturated heterocycles. The summed E-state index contributed by atoms with van der Waals surface area (Å²) in [5, 5.41) is 3.55. The fourth-order valence-corrected chi connectivity index (χ4v) is 5.08. The van der Waals surface area contributed by atoms with Crippen molar-refractivity contribution in [3.05, 3.63) is 123 Å². The lowest BCUT2D eigenvalue weighted by Gasteiger charge is -2.29. The third-order valence-electron chi connectivity index (χ3n) is 5.89. The first-order valence-electron chi connectivity index (χ1n) is 11.7. The van der Waals surface area contributed by atoms with E-state index in [1.165, 1.54) is 17.8 Å². The van der Waals surface area contributed by atoms with Crippen LogP contribution < -0.4 is 10.9 Å². The number of esters is 1. The molecule has 0 spiro atoms. The van der Waals surface area contributed by atoms with Gasteiger partial charge in [-0.3, -0.25) is 9.78 Å². The molecule has 0 amide bonds. The van der Waals surface area contributed by atoms with Crippen molar-refractivity contribution < 1.29 is 13.9 Å². The van der Waals surface area contributed by atoms with Gasteiger partial charge in [0, 0.05) is 11.9 Å². The molecule has 5 rings (SSSR count). The van der Waals surface area contributed by atoms with E-state index in [4.69, 9.17) is 4.74 Å². The Morgan fingerprint density at radius 3 is 2.54 bits per heavy atom. The van der Waals surface area contributed by atoms with Crippen molar-refractivity contribution in [3.8, 4) is 0 Å². The molecule has 2 N–H and O–H groups in total. The highest BCUT2D eigenvalue weighted by Crippen LogP contribution is 2.42. The van der Waals surface area contributed by atoms with E-state index >= 15 is 0 Å². The van der Waals surface area contributed by atoms with Crippen LogP contribution in [-0.2, 0) is 15.3 Å². The van der Waals surface area contributed by atoms with E-state index in [9.17, 15) is 14.0 Å². The van der Waals surface area contributed by atoms with Crippen molar-refractivity contribution in [1.82, 2.24) is 15.0 Å². The fraction of sp³-hybridized carbons (Fsp3) is 0.143. The molecule has 1 atom stereocenters. The predicted octanol–water partition coefficient (Wildman–Crippen LogP) is 5.13. The molecule has 1 unspecified atom stereocenters. The van der Waals surface area contributed by atoms with E-state index in [1.807, 2.05) is 30.3 Å². The summed E-state index contributed by atoms with van der Waals surface area (Å²) in [6.45, 7) is 1.90. The number of aromatic amines is 1. The van der Waals surface area contributed by atoms with E-state index < -0.39 is 17.4 Å². The van der Waals surface area contributed by atoms with Crippen LogP contribution in [0.25, 0.3) is 5.70 Å². The number of carbonyl (C=O) groups excluding carboxylic acids is 1. The van der Waals surface area contributed by atoms with Crippen LogP contribution >= 0.6 is 11.8 Å². The van der Waals surface area contributed by atoms with Gasteiger partial charge in [-0.05, 0) is 36.2 Å². The molecule has 0 bridgehead atoms. The van der Waals surface area contributed by atoms with E-state index in [0.717, 1.165) is 5.56 Å². The van der Waals surface area contributed by atoms with Crippen molar-refractivity contribution >= 4 is 29.2 Å². The monoisotopic (exact) mass is 514 g/mol. The van der Waals surface area contributed by atoms with Gasteiger partial charge in [-0.1, -0.05) is 66.4 Å². The minimum atomic E-state index is -0.812. The molecule has 2 aromatic carbocycles. The number of pyridine rings is 1. The Morgan fingerprint density at radius 1 is 1.05 bits per heavy atom. The Bertz CT molecular complexity index is 1520. The number of halogens is 1. The second-order valence-electron chi connectivity index (χ2n) is 8.20. The summed E-state index contributed by atoms with van der Waals surface area (Å²) < 4.78 is 19.6. The van der Waals surface area contributed by atoms with E-state index in [-0.39, 0.29) is 29.3 Å². The van der Waals surface area contributed by atoms with Crippen LogP contribution in [0.4, 0.5) is 10.2 Å². The molecule has 9 heteroatoms. The quantitative estimate of drug-likeness (QED) is 0.201. The zero-order valence-electron chi connectivity index (χ0n) is 19.9. The Labute approximate surface area is 216 Å². The normalized spacial score (nSPS) is 14.6. The lowest BCUT2D eigenvalue weighted by molar-refractivity contribution is -0.138. The predicted molar refractivity (Wildman–Crippen MR) is 141 cm³/mol. The summed E-state index contributed by atoms with van der Waals surface area (Å²) in [5.74, 6) is -1.09. The van der Waals surface area contributed by atoms with Crippen molar-refractivity contribution in [2.24, 2.45) is 0 Å². The highest BCUT2D eigenvalue weighted by atomic mass is 32.2. The maximum Gasteiger partial charge on any atom is 0.337 e. The molecular formula is C28H23FN4O3S. The van der Waals surface area contributed by atoms with Crippen LogP contribution in [0.1, 0.15) is 35.2 Å². The standard InChI is InChI=1S/C28H23FN4O3S/c1-2-36-27(35)22-21(20-14-8-9-15-30-20)23-25(31-24(22)17-10-4-3-5-11-17)32-28(33-26(23)34)37-16-18-12-6-7-13-19(18)29/h3-15,21H,2,16H2,1H3,(H2,31,32,33,34). The number of nitrogens with one attached hydrogen (secondary N) is 2. The molecule has 1 aliphatic rings. The summed E-state index contributed by atoms with van der Waals surface area (Å²) in [4.78, 5) is 38.8. The average Bonchev–Trinajstić information content (AvgIpc) is 2.92. The Kier molecular flexibility index (Phi) is 7.14. The maximum atomic E-state index is 14.1. The SMILES string of the molecule is CCOC(=O)C1=C(c2ccccc2)Nc2nc(SCc3ccccc3F)[nH]c(=O)c2C1c1ccccn1. The molecular weight excluding hydrogens is 491 g/mol. The van der Waals surface area contributed by atoms with Gasteiger partial charge in [-0.25, -0.2) is 14.2 Å². The van der Waals surface area contributed by atoms with Crippen LogP contribution in [0.3, 0.4) is 0 Å². The van der Waals surface area contributed by atoms with Gasteiger partial charge >= 0.3 is 5.97 Å². The lowest BCUT2D eigenvalue weighted by atomic mass is 9.83. The number of fused-ring (bicyclic) bond motifs is 1. The highest BCUT2D eigenvalue weighted by molar-refractivity contribution is 7.98. The summed E-state index contributed by atoms with van der Waals surface area (Å²) in [5.41, 5.74) is 2.36. The largest absolute Gasteiger partial charge is 0.463 e. The van der Waals surface area contributed by atoms with E-state index in [2.05, 4.69) is 20.3 Å². The van der Waals surface area contributed by atoms with Crippen LogP contribution in [0.15, 0.2) is 94.5 Å². The lowest BCUT2D eigenvalue weighted by Crippen LogP contribution is -2.31. The number of nitrogens with zero attached hydrogens (tertiary/aromatic N) is 2. The summed E-state index contributed by atoms with van der Waals surface area (Å²) >= 11 is 1.21. The number of carbonyl (C=O) groups is 1. The number of rotatable bonds is 7. The summed E-state index contributed by atoms with van der Waals surface area (Å²) in [6, 6.07) is 21.1. The third-order valence-corrected chi connectivity index (χ3v) is 6.81. The molecule has 0 fully saturated rings. The highest BCUT2D eigenvalue weighted by Gasteiger charge is 2.38. The van der Waals surface area contributed by atoms with Crippen molar-refractivity contribution in [3.63, 3.8) is 0 Å². The minimum Gasteiger partial charge on any atom is -0.463 e. The van der Waals surface area contributed by atoms with Gasteiger partial charge in [0.05, 0.1) is 35.1 Å². The maximum absolute atomic E-state index is 14.1. The van der Waals surface area contributed by atoms with Gasteiger partial charge in [0.15, 0.2) is 5.16 Å². The molecule has 1 aliphatic heterocycles. The van der Waals surface area contributed by atoms with Gasteiger partial charge in [0.1, 0.15) is 11.6 Å². The van der Waals surface area contributed by atoms with Gasteiger partial charge in [0.25, 0.3) is 5.56 Å². The summed E-state index contributed by atoms with van der Waals surface area (Å²) in [7, 11) is 0. The third kappa shape index (κ3) is 5.03. The first-order valence-corrected chi connectivity index (χ1v) is 12.7. The van der Waals surface area contributed by atoms with E-state index in [1.54, 1.807) is 49.5 Å². The fourth-order valence-electron chi connectivity index (χ4n) is 4.23. The summed E-state index contributed by atoms with van der Waals surface area (Å²) in [6.07, 6.45) is 1.61. The Hall–Kier alpha value is -4.24. The molecule has 37 heavy (non-hydrogen) atoms. The molecule has 4 aromatic rings. The van der Waals surface area contributed by atoms with Crippen LogP contribution in [0, 0.1) is 5.82 Å². The van der Waals surface area contributed by atoms with Crippen LogP contribution in [0.2, 0.25) is 0 Å². The Balaban J connectivity index is 1.65. The number of anilines is 1. The number of ether oxygens (including phenoxy) is 1. The molecule has 2 aromatic heterocycles. The molecule has 0 radical (unpaired) electrons. The average molecular weight is 515 g/mol. The number of benzene rings is 2. The second-order valence-corrected chi connectivity index (χ2v) is 9.17. The van der Waals surface area contributed by atoms with Crippen molar-refractivity contribution in [1.29, 1.82) is 0 Å². The first kappa shape index (κ1) is 24.5. The number of hydrogen-bond donors (Lipinski definition) is 2. The first-order chi connectivity index (χ1) is 18.1. The second kappa shape index (κ2) is 10.8. The smallest absolute Gasteiger partial charge is 0.337 e. The molecule has 7 nitrogen and oxygen atoms in total.